The highest BCUT2D eigenvalue weighted by Gasteiger charge is 2.41. The molecule has 11 heteroatoms. The molecule has 1 atom stereocenters. The SMILES string of the molecule is CC(C)(C)OC(=O)NC1(c2nc3ccc(-c4ccc(-c5ccc6c(c5)OCCc5[nH]c(C7CCCN7C(=O)O)nc5-6)cc4)cc3[nH]2)CCCC1. The van der Waals surface area contributed by atoms with Crippen LogP contribution in [0.25, 0.3) is 44.5 Å². The van der Waals surface area contributed by atoms with Crippen LogP contribution in [-0.2, 0) is 16.7 Å². The van der Waals surface area contributed by atoms with Crippen LogP contribution >= 0.6 is 0 Å². The lowest BCUT2D eigenvalue weighted by molar-refractivity contribution is 0.0448. The van der Waals surface area contributed by atoms with Gasteiger partial charge in [0.1, 0.15) is 28.5 Å². The van der Waals surface area contributed by atoms with Crippen LogP contribution in [0.1, 0.15) is 82.7 Å². The van der Waals surface area contributed by atoms with E-state index >= 15 is 0 Å². The second-order valence-corrected chi connectivity index (χ2v) is 14.7. The quantitative estimate of drug-likeness (QED) is 0.147. The molecule has 0 radical (unpaired) electrons. The summed E-state index contributed by atoms with van der Waals surface area (Å²) < 4.78 is 11.8. The molecule has 0 bridgehead atoms. The highest BCUT2D eigenvalue weighted by atomic mass is 16.6. The molecular weight excluding hydrogens is 632 g/mol. The van der Waals surface area contributed by atoms with Gasteiger partial charge in [-0.1, -0.05) is 49.2 Å². The van der Waals surface area contributed by atoms with Crippen molar-refractivity contribution < 1.29 is 24.2 Å². The van der Waals surface area contributed by atoms with Gasteiger partial charge in [-0.2, -0.15) is 0 Å². The minimum absolute atomic E-state index is 0.247. The molecule has 3 aliphatic rings. The summed E-state index contributed by atoms with van der Waals surface area (Å²) in [5, 5.41) is 12.8. The fourth-order valence-electron chi connectivity index (χ4n) is 7.72. The second kappa shape index (κ2) is 12.2. The maximum absolute atomic E-state index is 12.8. The Labute approximate surface area is 290 Å². The first-order valence-electron chi connectivity index (χ1n) is 17.5. The van der Waals surface area contributed by atoms with E-state index in [1.165, 1.54) is 4.90 Å². The number of benzene rings is 3. The van der Waals surface area contributed by atoms with E-state index in [4.69, 9.17) is 19.4 Å². The summed E-state index contributed by atoms with van der Waals surface area (Å²) in [7, 11) is 0. The fraction of sp³-hybridized carbons (Fsp3) is 0.385. The van der Waals surface area contributed by atoms with Crippen molar-refractivity contribution in [1.29, 1.82) is 0 Å². The largest absolute Gasteiger partial charge is 0.492 e. The van der Waals surface area contributed by atoms with E-state index in [9.17, 15) is 14.7 Å². The smallest absolute Gasteiger partial charge is 0.408 e. The van der Waals surface area contributed by atoms with Gasteiger partial charge < -0.3 is 29.9 Å². The standard InChI is InChI=1S/C39H42N6O5/c1-38(2,3)50-36(46)44-39(17-4-5-18-39)35-41-28-15-13-25(21-30(28)42-35)23-8-10-24(11-9-23)26-12-14-27-32(22-26)49-20-16-29-33(27)43-34(40-29)31-7-6-19-45(31)37(47)48/h8-15,21-22,31H,4-7,16-20H2,1-3H3,(H,40,43)(H,41,42)(H,44,46)(H,47,48). The molecule has 2 amide bonds. The molecule has 2 fully saturated rings. The molecule has 1 aliphatic carbocycles. The van der Waals surface area contributed by atoms with Crippen LogP contribution < -0.4 is 10.1 Å². The normalized spacial score (nSPS) is 18.3. The first-order chi connectivity index (χ1) is 24.0. The summed E-state index contributed by atoms with van der Waals surface area (Å²) in [5.74, 6) is 2.25. The molecule has 2 aliphatic heterocycles. The summed E-state index contributed by atoms with van der Waals surface area (Å²) in [6.07, 6.45) is 4.59. The van der Waals surface area contributed by atoms with Crippen LogP contribution in [0.2, 0.25) is 0 Å². The first kappa shape index (κ1) is 31.9. The van der Waals surface area contributed by atoms with Gasteiger partial charge in [-0.25, -0.2) is 19.6 Å². The van der Waals surface area contributed by atoms with Gasteiger partial charge in [0.05, 0.1) is 29.4 Å². The minimum Gasteiger partial charge on any atom is -0.492 e. The maximum Gasteiger partial charge on any atom is 0.408 e. The number of imidazole rings is 2. The molecular formula is C39H42N6O5. The number of hydrogen-bond donors (Lipinski definition) is 4. The van der Waals surface area contributed by atoms with Crippen LogP contribution in [0.4, 0.5) is 9.59 Å². The Morgan fingerprint density at radius 1 is 0.940 bits per heavy atom. The zero-order valence-corrected chi connectivity index (χ0v) is 28.6. The Morgan fingerprint density at radius 3 is 2.36 bits per heavy atom. The van der Waals surface area contributed by atoms with Crippen molar-refractivity contribution in [2.45, 2.75) is 82.9 Å². The van der Waals surface area contributed by atoms with Crippen LogP contribution in [0.15, 0.2) is 60.7 Å². The number of alkyl carbamates (subject to hydrolysis) is 1. The fourth-order valence-corrected chi connectivity index (χ4v) is 7.72. The van der Waals surface area contributed by atoms with Gasteiger partial charge in [-0.15, -0.1) is 0 Å². The number of nitrogens with one attached hydrogen (secondary N) is 3. The number of hydrogen-bond acceptors (Lipinski definition) is 6. The number of H-pyrrole nitrogens is 2. The van der Waals surface area contributed by atoms with Gasteiger partial charge in [-0.05, 0) is 93.0 Å². The monoisotopic (exact) mass is 674 g/mol. The lowest BCUT2D eigenvalue weighted by Gasteiger charge is -2.30. The van der Waals surface area contributed by atoms with Gasteiger partial charge in [0.25, 0.3) is 0 Å². The van der Waals surface area contributed by atoms with E-state index in [-0.39, 0.29) is 6.04 Å². The molecule has 3 aromatic carbocycles. The van der Waals surface area contributed by atoms with E-state index in [0.717, 1.165) is 100 Å². The van der Waals surface area contributed by atoms with Crippen molar-refractivity contribution in [3.63, 3.8) is 0 Å². The van der Waals surface area contributed by atoms with Crippen molar-refractivity contribution in [3.05, 3.63) is 78.0 Å². The highest BCUT2D eigenvalue weighted by molar-refractivity contribution is 5.83. The average molecular weight is 675 g/mol. The van der Waals surface area contributed by atoms with Crippen molar-refractivity contribution in [2.75, 3.05) is 13.2 Å². The van der Waals surface area contributed by atoms with Gasteiger partial charge in [0.15, 0.2) is 0 Å². The molecule has 258 valence electrons. The van der Waals surface area contributed by atoms with E-state index in [0.29, 0.717) is 25.4 Å². The number of aromatic nitrogens is 4. The summed E-state index contributed by atoms with van der Waals surface area (Å²) in [6.45, 7) is 6.64. The number of aromatic amines is 2. The first-order valence-corrected chi connectivity index (χ1v) is 17.5. The molecule has 4 heterocycles. The van der Waals surface area contributed by atoms with Gasteiger partial charge in [0.2, 0.25) is 0 Å². The lowest BCUT2D eigenvalue weighted by atomic mass is 9.97. The van der Waals surface area contributed by atoms with Crippen molar-refractivity contribution in [3.8, 4) is 39.3 Å². The molecule has 0 spiro atoms. The summed E-state index contributed by atoms with van der Waals surface area (Å²) in [5.41, 5.74) is 7.61. The van der Waals surface area contributed by atoms with Crippen LogP contribution in [-0.4, -0.2) is 60.9 Å². The number of ether oxygens (including phenoxy) is 2. The Balaban J connectivity index is 1.03. The maximum atomic E-state index is 12.8. The number of carbonyl (C=O) groups is 2. The zero-order chi connectivity index (χ0) is 34.6. The van der Waals surface area contributed by atoms with Crippen LogP contribution in [0.5, 0.6) is 5.75 Å². The molecule has 5 aromatic rings. The van der Waals surface area contributed by atoms with Crippen molar-refractivity contribution in [2.24, 2.45) is 0 Å². The number of nitrogens with zero attached hydrogens (tertiary/aromatic N) is 3. The van der Waals surface area contributed by atoms with Gasteiger partial charge >= 0.3 is 12.2 Å². The van der Waals surface area contributed by atoms with Gasteiger partial charge in [-0.3, -0.25) is 4.90 Å². The van der Waals surface area contributed by atoms with E-state index in [1.807, 2.05) is 26.8 Å². The predicted molar refractivity (Wildman–Crippen MR) is 190 cm³/mol. The summed E-state index contributed by atoms with van der Waals surface area (Å²) >= 11 is 0. The zero-order valence-electron chi connectivity index (χ0n) is 28.6. The van der Waals surface area contributed by atoms with Crippen LogP contribution in [0.3, 0.4) is 0 Å². The lowest BCUT2D eigenvalue weighted by Crippen LogP contribution is -2.46. The minimum atomic E-state index is -0.906. The Kier molecular flexibility index (Phi) is 7.80. The van der Waals surface area contributed by atoms with E-state index in [2.05, 4.69) is 69.9 Å². The molecule has 11 nitrogen and oxygen atoms in total. The number of carbonyl (C=O) groups excluding carboxylic acids is 1. The topological polar surface area (TPSA) is 145 Å². The number of rotatable bonds is 5. The molecule has 1 saturated carbocycles. The van der Waals surface area contributed by atoms with E-state index < -0.39 is 23.3 Å². The molecule has 1 saturated heterocycles. The number of amides is 2. The summed E-state index contributed by atoms with van der Waals surface area (Å²) in [6, 6.07) is 20.7. The summed E-state index contributed by atoms with van der Waals surface area (Å²) in [4.78, 5) is 42.8. The molecule has 8 rings (SSSR count). The Hall–Kier alpha value is -5.32. The van der Waals surface area contributed by atoms with Crippen LogP contribution in [0, 0.1) is 0 Å². The molecule has 50 heavy (non-hydrogen) atoms. The second-order valence-electron chi connectivity index (χ2n) is 14.7. The Bertz CT molecular complexity index is 2090. The molecule has 1 unspecified atom stereocenters. The highest BCUT2D eigenvalue weighted by Crippen LogP contribution is 2.41. The molecule has 2 aromatic heterocycles. The van der Waals surface area contributed by atoms with Crippen molar-refractivity contribution in [1.82, 2.24) is 30.2 Å². The third kappa shape index (κ3) is 5.94. The third-order valence-corrected chi connectivity index (χ3v) is 10.1. The number of fused-ring (bicyclic) bond motifs is 4. The average Bonchev–Trinajstić information content (AvgIpc) is 3.89. The van der Waals surface area contributed by atoms with E-state index in [1.54, 1.807) is 0 Å². The Morgan fingerprint density at radius 2 is 1.64 bits per heavy atom. The third-order valence-electron chi connectivity index (χ3n) is 10.1. The van der Waals surface area contributed by atoms with Crippen molar-refractivity contribution >= 4 is 23.2 Å². The number of carboxylic acid groups (broad SMARTS) is 1. The molecule has 4 N–H and O–H groups in total. The van der Waals surface area contributed by atoms with Gasteiger partial charge in [0, 0.05) is 24.2 Å². The predicted octanol–water partition coefficient (Wildman–Crippen LogP) is 8.33. The number of likely N-dealkylation sites (tertiary alicyclic amines) is 1.